The van der Waals surface area contributed by atoms with Gasteiger partial charge in [-0.15, -0.1) is 0 Å². The molecule has 0 saturated carbocycles. The highest BCUT2D eigenvalue weighted by atomic mass is 16.5. The average Bonchev–Trinajstić information content (AvgIpc) is 2.82. The number of carbonyl (C=O) groups is 1. The molecule has 0 bridgehead atoms. The second kappa shape index (κ2) is 29.0. The van der Waals surface area contributed by atoms with Gasteiger partial charge in [0.2, 0.25) is 0 Å². The summed E-state index contributed by atoms with van der Waals surface area (Å²) in [6.07, 6.45) is 39.0. The molecule has 33 heavy (non-hydrogen) atoms. The van der Waals surface area contributed by atoms with Crippen molar-refractivity contribution in [3.05, 3.63) is 24.5 Å². The fourth-order valence-corrected chi connectivity index (χ4v) is 4.25. The van der Waals surface area contributed by atoms with E-state index in [0.29, 0.717) is 0 Å². The van der Waals surface area contributed by atoms with Crippen LogP contribution in [0.3, 0.4) is 0 Å². The standard InChI is InChI=1S/C31H58O2/c1-3-5-7-9-11-13-15-16-17-18-19-21-23-25-27-29-31(32)33-30-28-26-24-22-20-14-12-10-8-6-4-2/h27-30H,3-26H2,1-2H3. The van der Waals surface area contributed by atoms with Crippen molar-refractivity contribution < 1.29 is 9.53 Å². The van der Waals surface area contributed by atoms with Crippen molar-refractivity contribution >= 4 is 5.97 Å². The Morgan fingerprint density at radius 2 is 0.818 bits per heavy atom. The van der Waals surface area contributed by atoms with E-state index in [1.54, 1.807) is 12.3 Å². The summed E-state index contributed by atoms with van der Waals surface area (Å²) in [5.74, 6) is -0.243. The Kier molecular flexibility index (Phi) is 28.1. The SMILES string of the molecule is CCCCCCCCCCCC=COC(=O)C=CCCCCCCCCCCCCCCC. The molecular weight excluding hydrogens is 404 g/mol. The maximum atomic E-state index is 11.7. The fourth-order valence-electron chi connectivity index (χ4n) is 4.25. The molecule has 0 N–H and O–H groups in total. The molecule has 194 valence electrons. The molecule has 0 aliphatic heterocycles. The van der Waals surface area contributed by atoms with E-state index < -0.39 is 0 Å². The number of hydrogen-bond acceptors (Lipinski definition) is 2. The molecule has 0 saturated heterocycles. The lowest BCUT2D eigenvalue weighted by Gasteiger charge is -2.02. The Hall–Kier alpha value is -1.05. The number of unbranched alkanes of at least 4 members (excludes halogenated alkanes) is 22. The Morgan fingerprint density at radius 3 is 1.21 bits per heavy atom. The van der Waals surface area contributed by atoms with Gasteiger partial charge in [-0.25, -0.2) is 4.79 Å². The van der Waals surface area contributed by atoms with E-state index >= 15 is 0 Å². The molecule has 0 fully saturated rings. The van der Waals surface area contributed by atoms with Crippen molar-refractivity contribution in [2.75, 3.05) is 0 Å². The van der Waals surface area contributed by atoms with Gasteiger partial charge in [0.05, 0.1) is 6.26 Å². The quantitative estimate of drug-likeness (QED) is 0.0553. The van der Waals surface area contributed by atoms with Crippen LogP contribution in [0.5, 0.6) is 0 Å². The van der Waals surface area contributed by atoms with Crippen LogP contribution in [0.15, 0.2) is 24.5 Å². The molecule has 0 aromatic heterocycles. The highest BCUT2D eigenvalue weighted by Crippen LogP contribution is 2.13. The summed E-state index contributed by atoms with van der Waals surface area (Å²) < 4.78 is 5.14. The summed E-state index contributed by atoms with van der Waals surface area (Å²) in [5, 5.41) is 0. The Bertz CT molecular complexity index is 438. The maximum absolute atomic E-state index is 11.7. The summed E-state index contributed by atoms with van der Waals surface area (Å²) >= 11 is 0. The van der Waals surface area contributed by atoms with Gasteiger partial charge in [-0.2, -0.15) is 0 Å². The van der Waals surface area contributed by atoms with Gasteiger partial charge in [0.15, 0.2) is 0 Å². The van der Waals surface area contributed by atoms with E-state index in [-0.39, 0.29) is 5.97 Å². The second-order valence-corrected chi connectivity index (χ2v) is 9.86. The van der Waals surface area contributed by atoms with Crippen molar-refractivity contribution in [1.29, 1.82) is 0 Å². The van der Waals surface area contributed by atoms with E-state index in [9.17, 15) is 4.79 Å². The molecule has 0 spiro atoms. The third-order valence-electron chi connectivity index (χ3n) is 6.48. The molecule has 0 rings (SSSR count). The Morgan fingerprint density at radius 1 is 0.485 bits per heavy atom. The zero-order valence-electron chi connectivity index (χ0n) is 22.6. The lowest BCUT2D eigenvalue weighted by Crippen LogP contribution is -1.93. The minimum absolute atomic E-state index is 0.243. The Labute approximate surface area is 208 Å². The van der Waals surface area contributed by atoms with Crippen LogP contribution in [0.4, 0.5) is 0 Å². The number of rotatable bonds is 26. The third kappa shape index (κ3) is 28.9. The number of esters is 1. The summed E-state index contributed by atoms with van der Waals surface area (Å²) in [5.41, 5.74) is 0. The van der Waals surface area contributed by atoms with Crippen molar-refractivity contribution in [2.45, 2.75) is 168 Å². The van der Waals surface area contributed by atoms with E-state index in [4.69, 9.17) is 4.74 Å². The van der Waals surface area contributed by atoms with E-state index in [2.05, 4.69) is 13.8 Å². The number of carbonyl (C=O) groups excluding carboxylic acids is 1. The second-order valence-electron chi connectivity index (χ2n) is 9.86. The zero-order valence-corrected chi connectivity index (χ0v) is 22.6. The van der Waals surface area contributed by atoms with Crippen LogP contribution in [0.25, 0.3) is 0 Å². The van der Waals surface area contributed by atoms with E-state index in [1.807, 2.05) is 12.2 Å². The first-order valence-corrected chi connectivity index (χ1v) is 14.8. The van der Waals surface area contributed by atoms with Gasteiger partial charge in [0.1, 0.15) is 0 Å². The molecular formula is C31H58O2. The molecule has 0 aliphatic carbocycles. The average molecular weight is 463 g/mol. The highest BCUT2D eigenvalue weighted by molar-refractivity contribution is 5.82. The summed E-state index contributed by atoms with van der Waals surface area (Å²) in [6.45, 7) is 4.55. The summed E-state index contributed by atoms with van der Waals surface area (Å²) in [4.78, 5) is 11.7. The predicted molar refractivity (Wildman–Crippen MR) is 147 cm³/mol. The van der Waals surface area contributed by atoms with Crippen LogP contribution < -0.4 is 0 Å². The van der Waals surface area contributed by atoms with E-state index in [0.717, 1.165) is 12.8 Å². The minimum atomic E-state index is -0.243. The van der Waals surface area contributed by atoms with Gasteiger partial charge in [-0.05, 0) is 31.8 Å². The van der Waals surface area contributed by atoms with Crippen molar-refractivity contribution in [3.63, 3.8) is 0 Å². The third-order valence-corrected chi connectivity index (χ3v) is 6.48. The summed E-state index contributed by atoms with van der Waals surface area (Å²) in [7, 11) is 0. The maximum Gasteiger partial charge on any atom is 0.335 e. The molecule has 0 unspecified atom stereocenters. The number of hydrogen-bond donors (Lipinski definition) is 0. The molecule has 0 radical (unpaired) electrons. The molecule has 0 aromatic rings. The van der Waals surface area contributed by atoms with Gasteiger partial charge < -0.3 is 4.74 Å². The largest absolute Gasteiger partial charge is 0.432 e. The van der Waals surface area contributed by atoms with Crippen molar-refractivity contribution in [1.82, 2.24) is 0 Å². The molecule has 2 nitrogen and oxygen atoms in total. The molecule has 0 heterocycles. The van der Waals surface area contributed by atoms with E-state index in [1.165, 1.54) is 141 Å². The van der Waals surface area contributed by atoms with Gasteiger partial charge in [0.25, 0.3) is 0 Å². The summed E-state index contributed by atoms with van der Waals surface area (Å²) in [6, 6.07) is 0. The molecule has 0 aliphatic rings. The van der Waals surface area contributed by atoms with Crippen LogP contribution in [-0.4, -0.2) is 5.97 Å². The lowest BCUT2D eigenvalue weighted by molar-refractivity contribution is -0.132. The van der Waals surface area contributed by atoms with Crippen molar-refractivity contribution in [2.24, 2.45) is 0 Å². The normalized spacial score (nSPS) is 11.7. The van der Waals surface area contributed by atoms with Crippen molar-refractivity contribution in [3.8, 4) is 0 Å². The van der Waals surface area contributed by atoms with Crippen LogP contribution in [0.2, 0.25) is 0 Å². The molecule has 0 atom stereocenters. The number of allylic oxidation sites excluding steroid dienone is 2. The fraction of sp³-hybridized carbons (Fsp3) is 0.839. The Balaban J connectivity index is 3.30. The van der Waals surface area contributed by atoms with Gasteiger partial charge >= 0.3 is 5.97 Å². The van der Waals surface area contributed by atoms with Gasteiger partial charge in [0, 0.05) is 6.08 Å². The zero-order chi connectivity index (χ0) is 24.1. The van der Waals surface area contributed by atoms with Crippen LogP contribution >= 0.6 is 0 Å². The molecule has 0 amide bonds. The predicted octanol–water partition coefficient (Wildman–Crippen LogP) is 11.0. The monoisotopic (exact) mass is 462 g/mol. The minimum Gasteiger partial charge on any atom is -0.432 e. The van der Waals surface area contributed by atoms with Gasteiger partial charge in [-0.1, -0.05) is 148 Å². The number of ether oxygens (including phenoxy) is 1. The van der Waals surface area contributed by atoms with Crippen LogP contribution in [0, 0.1) is 0 Å². The van der Waals surface area contributed by atoms with Crippen LogP contribution in [-0.2, 0) is 9.53 Å². The first-order chi connectivity index (χ1) is 16.3. The lowest BCUT2D eigenvalue weighted by atomic mass is 10.0. The first-order valence-electron chi connectivity index (χ1n) is 14.8. The first kappa shape index (κ1) is 31.9. The molecule has 2 heteroatoms. The molecule has 0 aromatic carbocycles. The van der Waals surface area contributed by atoms with Gasteiger partial charge in [-0.3, -0.25) is 0 Å². The topological polar surface area (TPSA) is 26.3 Å². The highest BCUT2D eigenvalue weighted by Gasteiger charge is 1.95. The smallest absolute Gasteiger partial charge is 0.335 e. The van der Waals surface area contributed by atoms with Crippen LogP contribution in [0.1, 0.15) is 168 Å².